The van der Waals surface area contributed by atoms with Crippen LogP contribution in [0.2, 0.25) is 0 Å². The van der Waals surface area contributed by atoms with Crippen LogP contribution in [0, 0.1) is 6.92 Å². The fourth-order valence-electron chi connectivity index (χ4n) is 3.06. The highest BCUT2D eigenvalue weighted by atomic mass is 32.2. The lowest BCUT2D eigenvalue weighted by molar-refractivity contribution is 0.370. The molecule has 1 fully saturated rings. The molecule has 0 amide bonds. The lowest BCUT2D eigenvalue weighted by Gasteiger charge is -2.29. The van der Waals surface area contributed by atoms with Crippen molar-refractivity contribution in [3.05, 3.63) is 17.8 Å². The largest absolute Gasteiger partial charge is 0.369 e. The van der Waals surface area contributed by atoms with Crippen LogP contribution in [-0.2, 0) is 0 Å². The summed E-state index contributed by atoms with van der Waals surface area (Å²) in [5, 5.41) is 0.736. The minimum Gasteiger partial charge on any atom is -0.369 e. The first-order chi connectivity index (χ1) is 9.20. The van der Waals surface area contributed by atoms with Crippen molar-refractivity contribution < 1.29 is 0 Å². The third-order valence-electron chi connectivity index (χ3n) is 4.10. The van der Waals surface area contributed by atoms with Crippen LogP contribution in [0.25, 0.3) is 11.2 Å². The third kappa shape index (κ3) is 2.20. The van der Waals surface area contributed by atoms with Gasteiger partial charge in [-0.1, -0.05) is 6.42 Å². The monoisotopic (exact) mass is 276 g/mol. The molecule has 0 bridgehead atoms. The number of pyridine rings is 1. The van der Waals surface area contributed by atoms with Gasteiger partial charge in [0.15, 0.2) is 5.65 Å². The van der Waals surface area contributed by atoms with E-state index in [4.69, 9.17) is 5.73 Å². The Morgan fingerprint density at radius 2 is 2.26 bits per heavy atom. The van der Waals surface area contributed by atoms with Crippen LogP contribution in [0.15, 0.2) is 12.3 Å². The van der Waals surface area contributed by atoms with Crippen molar-refractivity contribution in [2.24, 2.45) is 0 Å². The molecule has 0 spiro atoms. The van der Waals surface area contributed by atoms with Crippen LogP contribution in [0.1, 0.15) is 37.3 Å². The molecule has 0 aliphatic heterocycles. The Morgan fingerprint density at radius 1 is 1.42 bits per heavy atom. The molecule has 0 saturated heterocycles. The summed E-state index contributed by atoms with van der Waals surface area (Å²) in [7, 11) is 0. The summed E-state index contributed by atoms with van der Waals surface area (Å²) in [5.74, 6) is 0.614. The number of rotatable bonds is 2. The van der Waals surface area contributed by atoms with E-state index in [9.17, 15) is 0 Å². The summed E-state index contributed by atoms with van der Waals surface area (Å²) >= 11 is 1.97. The van der Waals surface area contributed by atoms with E-state index in [1.165, 1.54) is 25.7 Å². The van der Waals surface area contributed by atoms with Crippen molar-refractivity contribution in [2.45, 2.75) is 43.9 Å². The quantitative estimate of drug-likeness (QED) is 0.915. The van der Waals surface area contributed by atoms with Crippen molar-refractivity contribution in [2.75, 3.05) is 12.0 Å². The number of imidazole rings is 1. The molecule has 1 aliphatic rings. The van der Waals surface area contributed by atoms with Crippen LogP contribution < -0.4 is 5.73 Å². The van der Waals surface area contributed by atoms with E-state index in [2.05, 4.69) is 27.7 Å². The van der Waals surface area contributed by atoms with Gasteiger partial charge < -0.3 is 5.73 Å². The molecule has 2 N–H and O–H groups in total. The predicted molar refractivity (Wildman–Crippen MR) is 81.5 cm³/mol. The summed E-state index contributed by atoms with van der Waals surface area (Å²) in [5.41, 5.74) is 9.19. The van der Waals surface area contributed by atoms with E-state index in [0.29, 0.717) is 12.0 Å². The van der Waals surface area contributed by atoms with Gasteiger partial charge in [0, 0.05) is 17.5 Å². The Morgan fingerprint density at radius 3 is 3.05 bits per heavy atom. The van der Waals surface area contributed by atoms with Crippen molar-refractivity contribution >= 4 is 28.9 Å². The fraction of sp³-hybridized carbons (Fsp3) is 0.571. The summed E-state index contributed by atoms with van der Waals surface area (Å²) in [6, 6.07) is 2.44. The molecule has 19 heavy (non-hydrogen) atoms. The first-order valence-corrected chi connectivity index (χ1v) is 8.11. The zero-order valence-electron chi connectivity index (χ0n) is 11.5. The molecule has 0 radical (unpaired) electrons. The molecule has 2 aromatic heterocycles. The van der Waals surface area contributed by atoms with Gasteiger partial charge >= 0.3 is 0 Å². The van der Waals surface area contributed by atoms with E-state index in [-0.39, 0.29) is 0 Å². The minimum atomic E-state index is 0.450. The Bertz CT molecular complexity index is 592. The lowest BCUT2D eigenvalue weighted by atomic mass is 9.94. The molecule has 2 aromatic rings. The maximum Gasteiger partial charge on any atom is 0.202 e. The molecule has 2 atom stereocenters. The van der Waals surface area contributed by atoms with E-state index in [0.717, 1.165) is 22.0 Å². The molecule has 102 valence electrons. The first-order valence-electron chi connectivity index (χ1n) is 6.82. The van der Waals surface area contributed by atoms with Crippen molar-refractivity contribution in [1.82, 2.24) is 14.5 Å². The van der Waals surface area contributed by atoms with Crippen LogP contribution in [0.4, 0.5) is 5.95 Å². The number of hydrogen-bond donors (Lipinski definition) is 1. The van der Waals surface area contributed by atoms with Gasteiger partial charge in [0.1, 0.15) is 5.52 Å². The van der Waals surface area contributed by atoms with Gasteiger partial charge in [-0.05, 0) is 44.1 Å². The highest BCUT2D eigenvalue weighted by Gasteiger charge is 2.26. The number of nitrogen functional groups attached to an aromatic ring is 1. The van der Waals surface area contributed by atoms with Crippen molar-refractivity contribution in [1.29, 1.82) is 0 Å². The number of aryl methyl sites for hydroxylation is 1. The van der Waals surface area contributed by atoms with Gasteiger partial charge in [0.05, 0.1) is 0 Å². The maximum absolute atomic E-state index is 6.15. The Labute approximate surface area is 117 Å². The second-order valence-corrected chi connectivity index (χ2v) is 6.46. The van der Waals surface area contributed by atoms with E-state index >= 15 is 0 Å². The molecule has 0 aromatic carbocycles. The second kappa shape index (κ2) is 5.04. The normalized spacial score (nSPS) is 23.9. The molecule has 2 heterocycles. The number of aromatic nitrogens is 3. The topological polar surface area (TPSA) is 56.7 Å². The zero-order valence-corrected chi connectivity index (χ0v) is 12.3. The summed E-state index contributed by atoms with van der Waals surface area (Å²) in [6.07, 6.45) is 8.99. The lowest BCUT2D eigenvalue weighted by Crippen LogP contribution is -2.22. The van der Waals surface area contributed by atoms with Gasteiger partial charge in [0.25, 0.3) is 0 Å². The molecule has 1 saturated carbocycles. The van der Waals surface area contributed by atoms with Crippen LogP contribution in [0.3, 0.4) is 0 Å². The SMILES string of the molecule is CSC1CCCC(n2c(N)nc3c(C)ccnc32)C1. The zero-order chi connectivity index (χ0) is 13.4. The smallest absolute Gasteiger partial charge is 0.202 e. The number of nitrogens with zero attached hydrogens (tertiary/aromatic N) is 3. The first kappa shape index (κ1) is 12.8. The Balaban J connectivity index is 2.04. The molecule has 2 unspecified atom stereocenters. The van der Waals surface area contributed by atoms with Crippen LogP contribution in [0.5, 0.6) is 0 Å². The summed E-state index contributed by atoms with van der Waals surface area (Å²) in [6.45, 7) is 2.06. The van der Waals surface area contributed by atoms with Crippen LogP contribution >= 0.6 is 11.8 Å². The Hall–Kier alpha value is -1.23. The number of fused-ring (bicyclic) bond motifs is 1. The number of thioether (sulfide) groups is 1. The standard InChI is InChI=1S/C14H20N4S/c1-9-6-7-16-13-12(9)17-14(15)18(13)10-4-3-5-11(8-10)19-2/h6-7,10-11H,3-5,8H2,1-2H3,(H2,15,17). The summed E-state index contributed by atoms with van der Waals surface area (Å²) < 4.78 is 2.16. The molecular formula is C14H20N4S. The molecule has 3 rings (SSSR count). The molecule has 4 nitrogen and oxygen atoms in total. The third-order valence-corrected chi connectivity index (χ3v) is 5.20. The predicted octanol–water partition coefficient (Wildman–Crippen LogP) is 3.17. The van der Waals surface area contributed by atoms with Crippen molar-refractivity contribution in [3.63, 3.8) is 0 Å². The second-order valence-electron chi connectivity index (χ2n) is 5.32. The number of nitrogens with two attached hydrogens (primary N) is 1. The Kier molecular flexibility index (Phi) is 3.39. The average molecular weight is 276 g/mol. The van der Waals surface area contributed by atoms with E-state index < -0.39 is 0 Å². The molecular weight excluding hydrogens is 256 g/mol. The van der Waals surface area contributed by atoms with E-state index in [1.807, 2.05) is 24.0 Å². The highest BCUT2D eigenvalue weighted by Crippen LogP contribution is 2.37. The van der Waals surface area contributed by atoms with Crippen molar-refractivity contribution in [3.8, 4) is 0 Å². The molecule has 5 heteroatoms. The summed E-state index contributed by atoms with van der Waals surface area (Å²) in [4.78, 5) is 9.01. The maximum atomic E-state index is 6.15. The van der Waals surface area contributed by atoms with Gasteiger partial charge in [0.2, 0.25) is 5.95 Å². The highest BCUT2D eigenvalue weighted by molar-refractivity contribution is 7.99. The van der Waals surface area contributed by atoms with E-state index in [1.54, 1.807) is 0 Å². The molecule has 1 aliphatic carbocycles. The van der Waals surface area contributed by atoms with Crippen LogP contribution in [-0.4, -0.2) is 26.0 Å². The number of anilines is 1. The van der Waals surface area contributed by atoms with Gasteiger partial charge in [-0.2, -0.15) is 11.8 Å². The minimum absolute atomic E-state index is 0.450. The van der Waals surface area contributed by atoms with Gasteiger partial charge in [-0.15, -0.1) is 0 Å². The fourth-order valence-corrected chi connectivity index (χ4v) is 3.87. The average Bonchev–Trinajstić information content (AvgIpc) is 2.77. The number of hydrogen-bond acceptors (Lipinski definition) is 4. The van der Waals surface area contributed by atoms with Gasteiger partial charge in [-0.25, -0.2) is 9.97 Å². The van der Waals surface area contributed by atoms with Gasteiger partial charge in [-0.3, -0.25) is 4.57 Å².